The predicted molar refractivity (Wildman–Crippen MR) is 246 cm³/mol. The summed E-state index contributed by atoms with van der Waals surface area (Å²) in [7, 11) is -0.833. The highest BCUT2D eigenvalue weighted by molar-refractivity contribution is 6.95. The topological polar surface area (TPSA) is 17.8 Å². The van der Waals surface area contributed by atoms with Gasteiger partial charge in [-0.05, 0) is 47.9 Å². The molecule has 4 heteroatoms. The van der Waals surface area contributed by atoms with Crippen LogP contribution in [0.15, 0.2) is 189 Å². The molecule has 0 aliphatic rings. The average Bonchev–Trinajstić information content (AvgIpc) is 3.81. The molecule has 1 heterocycles. The van der Waals surface area contributed by atoms with E-state index in [1.165, 1.54) is 95.2 Å². The van der Waals surface area contributed by atoms with Crippen LogP contribution in [0.1, 0.15) is 87.5 Å². The van der Waals surface area contributed by atoms with Gasteiger partial charge in [-0.1, -0.05) is 244 Å². The monoisotopic (exact) mass is 750 g/mol. The van der Waals surface area contributed by atoms with Crippen LogP contribution in [0.5, 0.6) is 0 Å². The number of benzene rings is 6. The van der Waals surface area contributed by atoms with E-state index in [9.17, 15) is 0 Å². The summed E-state index contributed by atoms with van der Waals surface area (Å²) < 4.78 is 2.40. The largest absolute Gasteiger partial charge is 0.326 e. The fourth-order valence-corrected chi connectivity index (χ4v) is 10.4. The van der Waals surface area contributed by atoms with Gasteiger partial charge in [0.2, 0.25) is 6.71 Å². The number of aryl methyl sites for hydroxylation is 2. The molecule has 0 aliphatic heterocycles. The molecule has 0 unspecified atom stereocenters. The molecule has 0 aliphatic carbocycles. The van der Waals surface area contributed by atoms with Gasteiger partial charge in [-0.2, -0.15) is 0 Å². The summed E-state index contributed by atoms with van der Waals surface area (Å²) in [5.41, 5.74) is 9.71. The molecule has 284 valence electrons. The zero-order valence-electron chi connectivity index (χ0n) is 33.6. The summed E-state index contributed by atoms with van der Waals surface area (Å²) in [5, 5.41) is 1.24. The van der Waals surface area contributed by atoms with Crippen molar-refractivity contribution in [3.63, 3.8) is 0 Å². The molecule has 0 atom stereocenters. The summed E-state index contributed by atoms with van der Waals surface area (Å²) in [6, 6.07) is 62.1. The molecule has 0 saturated carbocycles. The molecule has 1 aromatic heterocycles. The standard InChI is InChI=1S/C34H44N2Si.C18H15B/c1-3-5-7-10-16-29-18-14-20-31(26-29)34(36-25-24-35-28-36,37-33-22-12-9-13-23-33)32-21-15-19-30(27-32)17-11-8-6-4-2;1-4-10-16(11-5-1)19(17-12-6-2-7-13-17)18-14-8-3-9-15-18/h9,12-15,18-28H,3-8,10-11,16-17,37H2,1-2H3;1-15H. The van der Waals surface area contributed by atoms with Crippen molar-refractivity contribution in [2.75, 3.05) is 0 Å². The Morgan fingerprint density at radius 3 is 1.36 bits per heavy atom. The molecule has 7 aromatic rings. The van der Waals surface area contributed by atoms with E-state index in [4.69, 9.17) is 0 Å². The average molecular weight is 751 g/mol. The number of imidazole rings is 1. The Morgan fingerprint density at radius 1 is 0.500 bits per heavy atom. The summed E-state index contributed by atoms with van der Waals surface area (Å²) in [6.45, 7) is 4.88. The van der Waals surface area contributed by atoms with Crippen molar-refractivity contribution in [2.45, 2.75) is 83.2 Å². The van der Waals surface area contributed by atoms with E-state index in [0.29, 0.717) is 6.71 Å². The van der Waals surface area contributed by atoms with Crippen molar-refractivity contribution in [1.82, 2.24) is 9.55 Å². The molecule has 2 nitrogen and oxygen atoms in total. The molecule has 0 amide bonds. The minimum atomic E-state index is -0.833. The number of rotatable bonds is 18. The van der Waals surface area contributed by atoms with Crippen molar-refractivity contribution < 1.29 is 0 Å². The van der Waals surface area contributed by atoms with Crippen molar-refractivity contribution in [3.05, 3.63) is 211 Å². The van der Waals surface area contributed by atoms with E-state index in [-0.39, 0.29) is 5.16 Å². The Balaban J connectivity index is 0.000000233. The second-order valence-electron chi connectivity index (χ2n) is 15.2. The number of hydrogen-bond donors (Lipinski definition) is 0. The first-order valence-corrected chi connectivity index (χ1v) is 22.5. The molecule has 0 fully saturated rings. The van der Waals surface area contributed by atoms with Crippen LogP contribution in [-0.2, 0) is 18.0 Å². The quantitative estimate of drug-likeness (QED) is 0.0632. The summed E-state index contributed by atoms with van der Waals surface area (Å²) in [4.78, 5) is 4.55. The van der Waals surface area contributed by atoms with Crippen LogP contribution in [0.4, 0.5) is 0 Å². The maximum absolute atomic E-state index is 4.55. The van der Waals surface area contributed by atoms with Gasteiger partial charge in [0.15, 0.2) is 0 Å². The first kappa shape index (κ1) is 40.5. The number of hydrogen-bond acceptors (Lipinski definition) is 1. The predicted octanol–water partition coefficient (Wildman–Crippen LogP) is 9.58. The van der Waals surface area contributed by atoms with Crippen molar-refractivity contribution in [2.24, 2.45) is 0 Å². The van der Waals surface area contributed by atoms with E-state index in [2.05, 4.69) is 199 Å². The highest BCUT2D eigenvalue weighted by atomic mass is 28.2. The number of unbranched alkanes of at least 4 members (excludes halogenated alkanes) is 6. The zero-order valence-corrected chi connectivity index (χ0v) is 35.1. The van der Waals surface area contributed by atoms with Crippen LogP contribution in [0.25, 0.3) is 0 Å². The molecule has 0 radical (unpaired) electrons. The maximum Gasteiger partial charge on any atom is 0.241 e. The Labute approximate surface area is 340 Å². The van der Waals surface area contributed by atoms with Crippen LogP contribution in [0.3, 0.4) is 0 Å². The van der Waals surface area contributed by atoms with Crippen LogP contribution in [-0.4, -0.2) is 25.8 Å². The fourth-order valence-electron chi connectivity index (χ4n) is 8.13. The summed E-state index contributed by atoms with van der Waals surface area (Å²) in [5.74, 6) is 0. The third-order valence-electron chi connectivity index (χ3n) is 11.1. The molecule has 0 N–H and O–H groups in total. The fraction of sp³-hybridized carbons (Fsp3) is 0.250. The Morgan fingerprint density at radius 2 is 0.946 bits per heavy atom. The van der Waals surface area contributed by atoms with Gasteiger partial charge in [0.25, 0.3) is 0 Å². The summed E-state index contributed by atoms with van der Waals surface area (Å²) in [6.07, 6.45) is 18.8. The second-order valence-corrected chi connectivity index (χ2v) is 17.4. The summed E-state index contributed by atoms with van der Waals surface area (Å²) >= 11 is 0. The SMILES string of the molecule is CCCCCCc1cccc(C([SiH2]c2ccccc2)(c2cccc(CCCCCC)c2)n2ccnc2)c1.c1ccc(B(c2ccccc2)c2ccccc2)cc1. The Hall–Kier alpha value is -5.19. The highest BCUT2D eigenvalue weighted by Gasteiger charge is 2.37. The third-order valence-corrected chi connectivity index (χ3v) is 13.7. The number of nitrogens with zero attached hydrogens (tertiary/aromatic N) is 2. The van der Waals surface area contributed by atoms with Crippen LogP contribution >= 0.6 is 0 Å². The lowest BCUT2D eigenvalue weighted by Crippen LogP contribution is -2.51. The minimum absolute atomic E-state index is 0.225. The highest BCUT2D eigenvalue weighted by Crippen LogP contribution is 2.35. The van der Waals surface area contributed by atoms with Gasteiger partial charge in [0, 0.05) is 12.4 Å². The molecular weight excluding hydrogens is 691 g/mol. The zero-order chi connectivity index (χ0) is 38.7. The molecule has 0 bridgehead atoms. The molecular formula is C52H59BN2Si. The van der Waals surface area contributed by atoms with Crippen LogP contribution in [0, 0.1) is 0 Å². The van der Waals surface area contributed by atoms with Crippen molar-refractivity contribution in [1.29, 1.82) is 0 Å². The van der Waals surface area contributed by atoms with Gasteiger partial charge < -0.3 is 4.57 Å². The first-order valence-electron chi connectivity index (χ1n) is 21.1. The van der Waals surface area contributed by atoms with E-state index < -0.39 is 9.52 Å². The van der Waals surface area contributed by atoms with E-state index in [0.717, 1.165) is 12.8 Å². The normalized spacial score (nSPS) is 11.3. The molecule has 6 aromatic carbocycles. The van der Waals surface area contributed by atoms with Crippen LogP contribution < -0.4 is 21.6 Å². The lowest BCUT2D eigenvalue weighted by atomic mass is 9.37. The van der Waals surface area contributed by atoms with Crippen molar-refractivity contribution >= 4 is 37.8 Å². The molecule has 0 saturated heterocycles. The number of aromatic nitrogens is 2. The first-order chi connectivity index (χ1) is 27.7. The van der Waals surface area contributed by atoms with Gasteiger partial charge >= 0.3 is 0 Å². The van der Waals surface area contributed by atoms with Gasteiger partial charge in [-0.15, -0.1) is 0 Å². The van der Waals surface area contributed by atoms with E-state index in [1.54, 1.807) is 0 Å². The van der Waals surface area contributed by atoms with Crippen LogP contribution in [0.2, 0.25) is 0 Å². The maximum atomic E-state index is 4.55. The Bertz CT molecular complexity index is 1950. The lowest BCUT2D eigenvalue weighted by molar-refractivity contribution is 0.593. The van der Waals surface area contributed by atoms with Gasteiger partial charge in [0.05, 0.1) is 21.0 Å². The lowest BCUT2D eigenvalue weighted by Gasteiger charge is -2.37. The second kappa shape index (κ2) is 21.8. The Kier molecular flexibility index (Phi) is 15.7. The van der Waals surface area contributed by atoms with E-state index in [1.807, 2.05) is 12.5 Å². The minimum Gasteiger partial charge on any atom is -0.326 e. The van der Waals surface area contributed by atoms with Crippen molar-refractivity contribution in [3.8, 4) is 0 Å². The van der Waals surface area contributed by atoms with Gasteiger partial charge in [-0.3, -0.25) is 0 Å². The smallest absolute Gasteiger partial charge is 0.241 e. The van der Waals surface area contributed by atoms with Gasteiger partial charge in [0.1, 0.15) is 0 Å². The molecule has 7 rings (SSSR count). The third kappa shape index (κ3) is 11.0. The van der Waals surface area contributed by atoms with E-state index >= 15 is 0 Å². The molecule has 56 heavy (non-hydrogen) atoms. The molecule has 0 spiro atoms. The van der Waals surface area contributed by atoms with Gasteiger partial charge in [-0.25, -0.2) is 4.98 Å².